The van der Waals surface area contributed by atoms with Crippen molar-refractivity contribution in [1.82, 2.24) is 9.97 Å². The van der Waals surface area contributed by atoms with Gasteiger partial charge in [-0.15, -0.1) is 11.3 Å². The molecule has 0 N–H and O–H groups in total. The second-order valence-electron chi connectivity index (χ2n) is 9.72. The summed E-state index contributed by atoms with van der Waals surface area (Å²) in [4.78, 5) is 10.3. The summed E-state index contributed by atoms with van der Waals surface area (Å²) in [6, 6.07) is 49.0. The zero-order chi connectivity index (χ0) is 27.6. The van der Waals surface area contributed by atoms with Crippen molar-refractivity contribution < 1.29 is 4.42 Å². The van der Waals surface area contributed by atoms with Crippen LogP contribution in [0.4, 0.5) is 0 Å². The first-order chi connectivity index (χ1) is 20.2. The molecule has 0 amide bonds. The Balaban J connectivity index is 1.54. The van der Waals surface area contributed by atoms with Gasteiger partial charge in [-0.3, -0.25) is 0 Å². The molecule has 3 nitrogen and oxygen atoms in total. The van der Waals surface area contributed by atoms with Crippen molar-refractivity contribution >= 4 is 61.9 Å². The second kappa shape index (κ2) is 11.1. The summed E-state index contributed by atoms with van der Waals surface area (Å²) in [5.74, 6) is 0.621. The SMILES string of the molecule is Cc1ccc(-c2nc([P+](c3ccccc3)(c3ccccc3)c3ccccc3)c(Sc3nc4ccccc4s3)o2)cc1. The zero-order valence-electron chi connectivity index (χ0n) is 22.3. The molecule has 0 unspecified atom stereocenters. The predicted molar refractivity (Wildman–Crippen MR) is 175 cm³/mol. The van der Waals surface area contributed by atoms with Crippen LogP contribution in [0.15, 0.2) is 153 Å². The van der Waals surface area contributed by atoms with Gasteiger partial charge >= 0.3 is 0 Å². The molecule has 2 heterocycles. The van der Waals surface area contributed by atoms with Crippen LogP contribution < -0.4 is 21.3 Å². The summed E-state index contributed by atoms with van der Waals surface area (Å²) < 4.78 is 8.85. The van der Waals surface area contributed by atoms with Crippen molar-refractivity contribution in [1.29, 1.82) is 0 Å². The van der Waals surface area contributed by atoms with Gasteiger partial charge in [-0.1, -0.05) is 84.4 Å². The monoisotopic (exact) mass is 585 g/mol. The standard InChI is InChI=1S/C35H26N2OPS2/c1-25-21-23-26(24-22-25)32-37-33(34(38-32)41-35-36-30-19-11-12-20-31(30)40-35)39(27-13-5-2-6-14-27,28-15-7-3-8-16-28)29-17-9-4-10-18-29/h2-24H,1H3/q+1. The molecule has 7 rings (SSSR count). The van der Waals surface area contributed by atoms with Gasteiger partial charge in [-0.25, -0.2) is 4.98 Å². The summed E-state index contributed by atoms with van der Waals surface area (Å²) in [5.41, 5.74) is 4.11. The van der Waals surface area contributed by atoms with Crippen LogP contribution in [-0.2, 0) is 0 Å². The first kappa shape index (κ1) is 25.9. The van der Waals surface area contributed by atoms with Gasteiger partial charge < -0.3 is 4.42 Å². The van der Waals surface area contributed by atoms with Crippen molar-refractivity contribution in [3.05, 3.63) is 145 Å². The number of hydrogen-bond acceptors (Lipinski definition) is 5. The van der Waals surface area contributed by atoms with Gasteiger partial charge in [-0.05, 0) is 79.3 Å². The Kier molecular flexibility index (Phi) is 7.02. The van der Waals surface area contributed by atoms with Gasteiger partial charge in [-0.2, -0.15) is 4.98 Å². The minimum atomic E-state index is -2.47. The highest BCUT2D eigenvalue weighted by molar-refractivity contribution is 8.05. The molecule has 41 heavy (non-hydrogen) atoms. The number of oxazole rings is 1. The topological polar surface area (TPSA) is 38.9 Å². The first-order valence-corrected chi connectivity index (χ1v) is 16.8. The molecule has 0 fully saturated rings. The Bertz CT molecular complexity index is 1790. The van der Waals surface area contributed by atoms with Crippen molar-refractivity contribution in [2.45, 2.75) is 16.4 Å². The quantitative estimate of drug-likeness (QED) is 0.178. The third-order valence-corrected chi connectivity index (χ3v) is 13.4. The van der Waals surface area contributed by atoms with Crippen molar-refractivity contribution in [2.24, 2.45) is 0 Å². The van der Waals surface area contributed by atoms with Crippen LogP contribution >= 0.6 is 30.4 Å². The van der Waals surface area contributed by atoms with E-state index in [1.165, 1.54) is 21.5 Å². The first-order valence-electron chi connectivity index (χ1n) is 13.4. The largest absolute Gasteiger partial charge is 0.425 e. The number of para-hydroxylation sites is 1. The molecule has 6 heteroatoms. The third kappa shape index (κ3) is 4.81. The van der Waals surface area contributed by atoms with Gasteiger partial charge in [0.2, 0.25) is 11.0 Å². The second-order valence-corrected chi connectivity index (χ2v) is 15.3. The minimum Gasteiger partial charge on any atom is -0.425 e. The predicted octanol–water partition coefficient (Wildman–Crippen LogP) is 8.03. The molecule has 0 radical (unpaired) electrons. The number of rotatable bonds is 7. The van der Waals surface area contributed by atoms with Crippen LogP contribution in [0, 0.1) is 6.92 Å². The normalized spacial score (nSPS) is 11.6. The van der Waals surface area contributed by atoms with E-state index in [9.17, 15) is 0 Å². The molecular weight excluding hydrogens is 560 g/mol. The molecule has 0 aliphatic rings. The number of thiazole rings is 1. The highest BCUT2D eigenvalue weighted by Gasteiger charge is 2.53. The van der Waals surface area contributed by atoms with Gasteiger partial charge in [0, 0.05) is 5.56 Å². The lowest BCUT2D eigenvalue weighted by Gasteiger charge is -2.25. The molecule has 0 bridgehead atoms. The number of aryl methyl sites for hydroxylation is 1. The minimum absolute atomic E-state index is 0.621. The lowest BCUT2D eigenvalue weighted by atomic mass is 10.1. The van der Waals surface area contributed by atoms with Crippen LogP contribution in [0.3, 0.4) is 0 Å². The molecule has 5 aromatic carbocycles. The van der Waals surface area contributed by atoms with Gasteiger partial charge in [0.25, 0.3) is 5.44 Å². The van der Waals surface area contributed by atoms with Crippen LogP contribution in [0.1, 0.15) is 5.56 Å². The van der Waals surface area contributed by atoms with E-state index in [1.807, 2.05) is 6.07 Å². The number of aromatic nitrogens is 2. The fourth-order valence-electron chi connectivity index (χ4n) is 5.14. The van der Waals surface area contributed by atoms with E-state index >= 15 is 0 Å². The highest BCUT2D eigenvalue weighted by atomic mass is 32.2. The Morgan fingerprint density at radius 1 is 0.610 bits per heavy atom. The van der Waals surface area contributed by atoms with Gasteiger partial charge in [0.15, 0.2) is 11.6 Å². The molecule has 0 saturated heterocycles. The number of fused-ring (bicyclic) bond motifs is 1. The van der Waals surface area contributed by atoms with Crippen LogP contribution in [0.5, 0.6) is 0 Å². The summed E-state index contributed by atoms with van der Waals surface area (Å²) in [6.07, 6.45) is 0. The van der Waals surface area contributed by atoms with E-state index in [1.54, 1.807) is 23.1 Å². The van der Waals surface area contributed by atoms with E-state index in [2.05, 4.69) is 140 Å². The Morgan fingerprint density at radius 3 is 1.71 bits per heavy atom. The molecule has 0 saturated carbocycles. The molecule has 198 valence electrons. The summed E-state index contributed by atoms with van der Waals surface area (Å²) in [5, 5.41) is 4.47. The summed E-state index contributed by atoms with van der Waals surface area (Å²) >= 11 is 3.26. The Hall–Kier alpha value is -4.02. The molecule has 2 aromatic heterocycles. The lowest BCUT2D eigenvalue weighted by Crippen LogP contribution is -2.40. The molecule has 0 spiro atoms. The average Bonchev–Trinajstić information content (AvgIpc) is 3.64. The number of nitrogens with zero attached hydrogens (tertiary/aromatic N) is 2. The van der Waals surface area contributed by atoms with Gasteiger partial charge in [0.1, 0.15) is 15.9 Å². The zero-order valence-corrected chi connectivity index (χ0v) is 24.9. The van der Waals surface area contributed by atoms with E-state index < -0.39 is 7.26 Å². The lowest BCUT2D eigenvalue weighted by molar-refractivity contribution is 0.487. The summed E-state index contributed by atoms with van der Waals surface area (Å²) in [7, 11) is -2.47. The molecule has 0 aliphatic carbocycles. The van der Waals surface area contributed by atoms with Gasteiger partial charge in [0.05, 0.1) is 10.2 Å². The summed E-state index contributed by atoms with van der Waals surface area (Å²) in [6.45, 7) is 2.09. The Morgan fingerprint density at radius 2 is 1.15 bits per heavy atom. The van der Waals surface area contributed by atoms with Crippen LogP contribution in [-0.4, -0.2) is 9.97 Å². The van der Waals surface area contributed by atoms with E-state index in [4.69, 9.17) is 14.4 Å². The maximum Gasteiger partial charge on any atom is 0.251 e. The maximum absolute atomic E-state index is 6.76. The molecule has 0 atom stereocenters. The van der Waals surface area contributed by atoms with E-state index in [-0.39, 0.29) is 0 Å². The third-order valence-electron chi connectivity index (χ3n) is 7.08. The molecule has 0 aliphatic heterocycles. The van der Waals surface area contributed by atoms with Crippen LogP contribution in [0.25, 0.3) is 21.7 Å². The van der Waals surface area contributed by atoms with Crippen LogP contribution in [0.2, 0.25) is 0 Å². The maximum atomic E-state index is 6.76. The molecular formula is C35H26N2OPS2+. The number of benzene rings is 5. The van der Waals surface area contributed by atoms with Crippen molar-refractivity contribution in [3.63, 3.8) is 0 Å². The van der Waals surface area contributed by atoms with E-state index in [0.29, 0.717) is 5.89 Å². The van der Waals surface area contributed by atoms with Crippen molar-refractivity contribution in [3.8, 4) is 11.5 Å². The smallest absolute Gasteiger partial charge is 0.251 e. The van der Waals surface area contributed by atoms with E-state index in [0.717, 1.165) is 30.6 Å². The average molecular weight is 586 g/mol. The highest BCUT2D eigenvalue weighted by Crippen LogP contribution is 2.56. The fraction of sp³-hybridized carbons (Fsp3) is 0.0286. The van der Waals surface area contributed by atoms with Crippen molar-refractivity contribution in [2.75, 3.05) is 0 Å². The Labute approximate surface area is 248 Å². The molecule has 7 aromatic rings. The fourth-order valence-corrected chi connectivity index (χ4v) is 11.7. The number of hydrogen-bond donors (Lipinski definition) is 0.